The van der Waals surface area contributed by atoms with E-state index in [4.69, 9.17) is 9.47 Å². The van der Waals surface area contributed by atoms with Crippen LogP contribution in [0.15, 0.2) is 41.3 Å². The van der Waals surface area contributed by atoms with Gasteiger partial charge in [0.1, 0.15) is 5.75 Å². The third-order valence-electron chi connectivity index (χ3n) is 5.48. The van der Waals surface area contributed by atoms with Gasteiger partial charge in [0.2, 0.25) is 11.4 Å². The number of nitrogens with zero attached hydrogens (tertiary/aromatic N) is 4. The normalized spacial score (nSPS) is 15.5. The smallest absolute Gasteiger partial charge is 0.329 e. The number of aryl methyl sites for hydroxylation is 1. The number of amides is 2. The highest BCUT2D eigenvalue weighted by molar-refractivity contribution is 8.01. The van der Waals surface area contributed by atoms with E-state index in [1.54, 1.807) is 18.8 Å². The van der Waals surface area contributed by atoms with Gasteiger partial charge in [-0.3, -0.25) is 4.79 Å². The average Bonchev–Trinajstić information content (AvgIpc) is 3.42. The van der Waals surface area contributed by atoms with Gasteiger partial charge in [0.15, 0.2) is 4.34 Å². The predicted molar refractivity (Wildman–Crippen MR) is 140 cm³/mol. The van der Waals surface area contributed by atoms with Crippen LogP contribution in [0.4, 0.5) is 9.93 Å². The van der Waals surface area contributed by atoms with Crippen molar-refractivity contribution < 1.29 is 19.1 Å². The first-order chi connectivity index (χ1) is 17.0. The molecule has 1 aromatic carbocycles. The van der Waals surface area contributed by atoms with Crippen molar-refractivity contribution in [3.8, 4) is 5.75 Å². The molecule has 190 valence electrons. The first kappa shape index (κ1) is 27.0. The number of rotatable bonds is 15. The second-order valence-electron chi connectivity index (χ2n) is 8.31. The summed E-state index contributed by atoms with van der Waals surface area (Å²) in [7, 11) is 1.68. The van der Waals surface area contributed by atoms with Crippen LogP contribution < -0.4 is 9.64 Å². The molecule has 10 heteroatoms. The minimum atomic E-state index is -0.737. The molecule has 2 amide bonds. The minimum absolute atomic E-state index is 0.0788. The second-order valence-corrected chi connectivity index (χ2v) is 10.6. The lowest BCUT2D eigenvalue weighted by molar-refractivity contribution is -0.148. The number of carbonyl (C=O) groups excluding carboxylic acids is 2. The van der Waals surface area contributed by atoms with E-state index >= 15 is 0 Å². The van der Waals surface area contributed by atoms with Gasteiger partial charge in [0.05, 0.1) is 19.6 Å². The van der Waals surface area contributed by atoms with Gasteiger partial charge in [0, 0.05) is 12.8 Å². The monoisotopic (exact) mass is 518 g/mol. The number of unbranched alkanes of at least 4 members (excludes halogenated alkanes) is 3. The van der Waals surface area contributed by atoms with Crippen molar-refractivity contribution in [2.45, 2.75) is 62.4 Å². The molecule has 2 aromatic rings. The first-order valence-electron chi connectivity index (χ1n) is 12.0. The molecule has 2 heterocycles. The summed E-state index contributed by atoms with van der Waals surface area (Å²) in [6, 6.07) is 7.55. The number of urea groups is 1. The summed E-state index contributed by atoms with van der Waals surface area (Å²) in [5.74, 6) is 1.24. The molecule has 8 nitrogen and oxygen atoms in total. The van der Waals surface area contributed by atoms with Gasteiger partial charge in [-0.1, -0.05) is 67.5 Å². The Morgan fingerprint density at radius 2 is 2.06 bits per heavy atom. The van der Waals surface area contributed by atoms with E-state index in [-0.39, 0.29) is 25.6 Å². The maximum atomic E-state index is 12.7. The number of likely N-dealkylation sites (N-methyl/N-ethyl adjacent to an activating group) is 1. The number of anilines is 1. The topological polar surface area (TPSA) is 84.9 Å². The lowest BCUT2D eigenvalue weighted by atomic mass is 10.1. The molecule has 0 N–H and O–H groups in total. The lowest BCUT2D eigenvalue weighted by Crippen LogP contribution is -2.37. The van der Waals surface area contributed by atoms with Crippen LogP contribution in [-0.4, -0.2) is 59.3 Å². The Labute approximate surface area is 215 Å². The van der Waals surface area contributed by atoms with Crippen molar-refractivity contribution in [1.82, 2.24) is 15.1 Å². The number of esters is 1. The van der Waals surface area contributed by atoms with Crippen molar-refractivity contribution in [3.05, 3.63) is 42.5 Å². The summed E-state index contributed by atoms with van der Waals surface area (Å²) in [5.41, 5.74) is 1.21. The molecule has 1 unspecified atom stereocenters. The van der Waals surface area contributed by atoms with E-state index in [9.17, 15) is 9.59 Å². The van der Waals surface area contributed by atoms with Crippen LogP contribution in [0.5, 0.6) is 5.75 Å². The summed E-state index contributed by atoms with van der Waals surface area (Å²) in [5, 5.41) is 8.84. The van der Waals surface area contributed by atoms with Crippen molar-refractivity contribution in [3.63, 3.8) is 0 Å². The standard InChI is InChI=1S/C25H34N4O4S2/c1-4-6-8-9-17-34-24-27-26-23(35-24)29-21(18-28(3)25(29)31)33-22(30)15-16-32-20-13-11-19(12-14-20)10-7-5-2/h5,11-14,21H,2,4,6-10,15-18H2,1,3H3. The van der Waals surface area contributed by atoms with Gasteiger partial charge >= 0.3 is 12.0 Å². The number of thioether (sulfide) groups is 1. The van der Waals surface area contributed by atoms with Crippen LogP contribution in [0.1, 0.15) is 51.0 Å². The molecule has 35 heavy (non-hydrogen) atoms. The Balaban J connectivity index is 1.48. The molecular formula is C25H34N4O4S2. The number of hydrogen-bond donors (Lipinski definition) is 0. The molecule has 0 radical (unpaired) electrons. The number of allylic oxidation sites excluding steroid dienone is 1. The number of carbonyl (C=O) groups is 2. The highest BCUT2D eigenvalue weighted by Gasteiger charge is 2.40. The highest BCUT2D eigenvalue weighted by atomic mass is 32.2. The van der Waals surface area contributed by atoms with Crippen molar-refractivity contribution in [1.29, 1.82) is 0 Å². The van der Waals surface area contributed by atoms with E-state index in [1.165, 1.54) is 46.0 Å². The number of hydrogen-bond acceptors (Lipinski definition) is 8. The van der Waals surface area contributed by atoms with Gasteiger partial charge in [0.25, 0.3) is 0 Å². The van der Waals surface area contributed by atoms with Crippen LogP contribution in [0, 0.1) is 0 Å². The summed E-state index contributed by atoms with van der Waals surface area (Å²) < 4.78 is 12.1. The Bertz CT molecular complexity index is 967. The summed E-state index contributed by atoms with van der Waals surface area (Å²) in [4.78, 5) is 28.1. The maximum absolute atomic E-state index is 12.7. The highest BCUT2D eigenvalue weighted by Crippen LogP contribution is 2.32. The molecule has 1 aromatic heterocycles. The van der Waals surface area contributed by atoms with Crippen LogP contribution in [0.3, 0.4) is 0 Å². The number of benzene rings is 1. The fraction of sp³-hybridized carbons (Fsp3) is 0.520. The third kappa shape index (κ3) is 8.24. The second kappa shape index (κ2) is 14.1. The molecule has 1 atom stereocenters. The third-order valence-corrected chi connectivity index (χ3v) is 7.62. The molecule has 0 aliphatic carbocycles. The van der Waals surface area contributed by atoms with E-state index in [1.807, 2.05) is 30.3 Å². The van der Waals surface area contributed by atoms with E-state index in [0.717, 1.165) is 29.4 Å². The quantitative estimate of drug-likeness (QED) is 0.101. The fourth-order valence-corrected chi connectivity index (χ4v) is 5.47. The van der Waals surface area contributed by atoms with Crippen LogP contribution in [0.2, 0.25) is 0 Å². The molecule has 1 aliphatic rings. The molecule has 0 spiro atoms. The maximum Gasteiger partial charge on any atom is 0.329 e. The Kier molecular flexibility index (Phi) is 10.9. The Morgan fingerprint density at radius 3 is 2.80 bits per heavy atom. The summed E-state index contributed by atoms with van der Waals surface area (Å²) in [6.07, 6.45) is 7.87. The SMILES string of the molecule is C=CCCc1ccc(OCCC(=O)OC2CN(C)C(=O)N2c2nnc(SCCCCCC)s2)cc1. The molecule has 1 fully saturated rings. The molecule has 1 saturated heterocycles. The molecular weight excluding hydrogens is 484 g/mol. The summed E-state index contributed by atoms with van der Waals surface area (Å²) in [6.45, 7) is 6.39. The zero-order chi connectivity index (χ0) is 25.0. The van der Waals surface area contributed by atoms with Gasteiger partial charge in [-0.2, -0.15) is 0 Å². The van der Waals surface area contributed by atoms with E-state index in [2.05, 4.69) is 23.7 Å². The van der Waals surface area contributed by atoms with Crippen molar-refractivity contribution in [2.24, 2.45) is 0 Å². The largest absolute Gasteiger partial charge is 0.493 e. The van der Waals surface area contributed by atoms with Gasteiger partial charge in [-0.25, -0.2) is 9.69 Å². The summed E-state index contributed by atoms with van der Waals surface area (Å²) >= 11 is 3.00. The van der Waals surface area contributed by atoms with Crippen LogP contribution in [-0.2, 0) is 16.0 Å². The first-order valence-corrected chi connectivity index (χ1v) is 13.8. The van der Waals surface area contributed by atoms with Gasteiger partial charge < -0.3 is 14.4 Å². The zero-order valence-electron chi connectivity index (χ0n) is 20.5. The Hall–Kier alpha value is -2.59. The average molecular weight is 519 g/mol. The van der Waals surface area contributed by atoms with Gasteiger partial charge in [-0.05, 0) is 37.0 Å². The molecule has 3 rings (SSSR count). The van der Waals surface area contributed by atoms with E-state index < -0.39 is 12.2 Å². The van der Waals surface area contributed by atoms with Crippen LogP contribution in [0.25, 0.3) is 0 Å². The zero-order valence-corrected chi connectivity index (χ0v) is 22.1. The molecule has 1 aliphatic heterocycles. The Morgan fingerprint density at radius 1 is 1.26 bits per heavy atom. The molecule has 0 saturated carbocycles. The fourth-order valence-electron chi connectivity index (χ4n) is 3.53. The minimum Gasteiger partial charge on any atom is -0.493 e. The molecule has 0 bridgehead atoms. The van der Waals surface area contributed by atoms with E-state index in [0.29, 0.717) is 10.9 Å². The van der Waals surface area contributed by atoms with Gasteiger partial charge in [-0.15, -0.1) is 16.8 Å². The number of ether oxygens (including phenoxy) is 2. The number of aromatic nitrogens is 2. The van der Waals surface area contributed by atoms with Crippen molar-refractivity contribution >= 4 is 40.2 Å². The van der Waals surface area contributed by atoms with Crippen molar-refractivity contribution in [2.75, 3.05) is 30.9 Å². The van der Waals surface area contributed by atoms with Crippen LogP contribution >= 0.6 is 23.1 Å². The lowest BCUT2D eigenvalue weighted by Gasteiger charge is -2.19. The predicted octanol–water partition coefficient (Wildman–Crippen LogP) is 5.54.